The highest BCUT2D eigenvalue weighted by atomic mass is 32.2. The van der Waals surface area contributed by atoms with Gasteiger partial charge in [-0.2, -0.15) is 11.8 Å². The Morgan fingerprint density at radius 1 is 1.71 bits per heavy atom. The normalized spacial score (nSPS) is 22.5. The Morgan fingerprint density at radius 2 is 2.57 bits per heavy atom. The molecule has 1 atom stereocenters. The van der Waals surface area contributed by atoms with Crippen LogP contribution in [0.5, 0.6) is 0 Å². The summed E-state index contributed by atoms with van der Waals surface area (Å²) in [5.41, 5.74) is 0. The third-order valence-corrected chi connectivity index (χ3v) is 3.36. The number of rotatable bonds is 4. The van der Waals surface area contributed by atoms with Gasteiger partial charge in [0, 0.05) is 24.4 Å². The number of nitrogens with one attached hydrogen (secondary N) is 1. The molecule has 1 heterocycles. The Hall–Kier alpha value is -0.480. The molecule has 1 saturated heterocycles. The van der Waals surface area contributed by atoms with Crippen molar-refractivity contribution in [1.82, 2.24) is 5.32 Å². The minimum Gasteiger partial charge on any atom is -0.466 e. The summed E-state index contributed by atoms with van der Waals surface area (Å²) in [7, 11) is 1.39. The summed E-state index contributed by atoms with van der Waals surface area (Å²) < 4.78 is 4.48. The molecule has 0 aromatic rings. The Labute approximate surface area is 89.3 Å². The van der Waals surface area contributed by atoms with Crippen molar-refractivity contribution in [3.63, 3.8) is 0 Å². The predicted octanol–water partition coefficient (Wildman–Crippen LogP) is 1.20. The smallest absolute Gasteiger partial charge is 0.330 e. The molecule has 0 saturated carbocycles. The zero-order chi connectivity index (χ0) is 10.2. The number of thioether (sulfide) groups is 1. The zero-order valence-corrected chi connectivity index (χ0v) is 9.31. The molecule has 80 valence electrons. The van der Waals surface area contributed by atoms with Gasteiger partial charge in [0.25, 0.3) is 0 Å². The van der Waals surface area contributed by atoms with E-state index in [4.69, 9.17) is 0 Å². The third kappa shape index (κ3) is 4.67. The molecule has 3 nitrogen and oxygen atoms in total. The molecule has 1 aliphatic rings. The number of hydrogen-bond donors (Lipinski definition) is 1. The molecular weight excluding hydrogens is 198 g/mol. The molecule has 14 heavy (non-hydrogen) atoms. The number of ether oxygens (including phenoxy) is 1. The lowest BCUT2D eigenvalue weighted by Crippen LogP contribution is -2.33. The molecule has 4 heteroatoms. The molecule has 0 aromatic carbocycles. The first-order chi connectivity index (χ1) is 6.83. The fourth-order valence-corrected chi connectivity index (χ4v) is 2.47. The maximum Gasteiger partial charge on any atom is 0.330 e. The number of hydrogen-bond acceptors (Lipinski definition) is 4. The van der Waals surface area contributed by atoms with Gasteiger partial charge in [0.15, 0.2) is 0 Å². The lowest BCUT2D eigenvalue weighted by Gasteiger charge is -2.21. The average Bonchev–Trinajstić information content (AvgIpc) is 2.25. The second-order valence-corrected chi connectivity index (χ2v) is 4.40. The Bertz CT molecular complexity index is 200. The number of carbonyl (C=O) groups is 1. The molecule has 0 amide bonds. The number of carbonyl (C=O) groups excluding carboxylic acids is 1. The van der Waals surface area contributed by atoms with Gasteiger partial charge in [-0.25, -0.2) is 4.79 Å². The highest BCUT2D eigenvalue weighted by molar-refractivity contribution is 7.99. The lowest BCUT2D eigenvalue weighted by molar-refractivity contribution is -0.134. The highest BCUT2D eigenvalue weighted by Crippen LogP contribution is 2.16. The van der Waals surface area contributed by atoms with Crippen molar-refractivity contribution in [2.45, 2.75) is 18.9 Å². The van der Waals surface area contributed by atoms with Crippen LogP contribution in [0.3, 0.4) is 0 Å². The van der Waals surface area contributed by atoms with Gasteiger partial charge in [-0.05, 0) is 18.6 Å². The number of esters is 1. The van der Waals surface area contributed by atoms with Crippen LogP contribution in [0, 0.1) is 0 Å². The van der Waals surface area contributed by atoms with Crippen LogP contribution in [-0.4, -0.2) is 37.2 Å². The Morgan fingerprint density at radius 3 is 3.21 bits per heavy atom. The SMILES string of the molecule is COC(=O)/C=C/CNC1CCCSC1. The Balaban J connectivity index is 2.07. The maximum atomic E-state index is 10.7. The molecule has 0 aromatic heterocycles. The van der Waals surface area contributed by atoms with Gasteiger partial charge >= 0.3 is 5.97 Å². The first-order valence-corrected chi connectivity index (χ1v) is 6.04. The summed E-state index contributed by atoms with van der Waals surface area (Å²) in [6.07, 6.45) is 5.82. The standard InChI is InChI=1S/C10H17NO2S/c1-13-10(12)5-2-6-11-9-4-3-7-14-8-9/h2,5,9,11H,3-4,6-8H2,1H3/b5-2+. The summed E-state index contributed by atoms with van der Waals surface area (Å²) in [5.74, 6) is 2.19. The van der Waals surface area contributed by atoms with Crippen molar-refractivity contribution in [2.24, 2.45) is 0 Å². The van der Waals surface area contributed by atoms with E-state index in [1.807, 2.05) is 17.8 Å². The third-order valence-electron chi connectivity index (χ3n) is 2.14. The fraction of sp³-hybridized carbons (Fsp3) is 0.700. The first-order valence-electron chi connectivity index (χ1n) is 4.88. The van der Waals surface area contributed by atoms with Crippen LogP contribution in [0.25, 0.3) is 0 Å². The fourth-order valence-electron chi connectivity index (χ4n) is 1.36. The van der Waals surface area contributed by atoms with E-state index >= 15 is 0 Å². The molecule has 1 aliphatic heterocycles. The van der Waals surface area contributed by atoms with Crippen LogP contribution < -0.4 is 5.32 Å². The van der Waals surface area contributed by atoms with Crippen molar-refractivity contribution in [3.05, 3.63) is 12.2 Å². The lowest BCUT2D eigenvalue weighted by atomic mass is 10.2. The van der Waals surface area contributed by atoms with E-state index in [0.29, 0.717) is 6.04 Å². The van der Waals surface area contributed by atoms with Crippen LogP contribution in [0.1, 0.15) is 12.8 Å². The molecule has 1 N–H and O–H groups in total. The van der Waals surface area contributed by atoms with Crippen LogP contribution in [-0.2, 0) is 9.53 Å². The van der Waals surface area contributed by atoms with Gasteiger partial charge < -0.3 is 10.1 Å². The van der Waals surface area contributed by atoms with E-state index in [2.05, 4.69) is 10.1 Å². The van der Waals surface area contributed by atoms with Crippen LogP contribution in [0.15, 0.2) is 12.2 Å². The summed E-state index contributed by atoms with van der Waals surface area (Å²) in [6.45, 7) is 0.750. The van der Waals surface area contributed by atoms with E-state index in [1.54, 1.807) is 0 Å². The summed E-state index contributed by atoms with van der Waals surface area (Å²) in [4.78, 5) is 10.7. The van der Waals surface area contributed by atoms with Gasteiger partial charge in [0.1, 0.15) is 0 Å². The summed E-state index contributed by atoms with van der Waals surface area (Å²) in [5, 5.41) is 3.39. The molecule has 0 aliphatic carbocycles. The molecular formula is C10H17NO2S. The van der Waals surface area contributed by atoms with Crippen LogP contribution >= 0.6 is 11.8 Å². The zero-order valence-electron chi connectivity index (χ0n) is 8.49. The Kier molecular flexibility index (Phi) is 5.71. The predicted molar refractivity (Wildman–Crippen MR) is 59.5 cm³/mol. The van der Waals surface area contributed by atoms with Crippen LogP contribution in [0.2, 0.25) is 0 Å². The van der Waals surface area contributed by atoms with E-state index in [-0.39, 0.29) is 5.97 Å². The second kappa shape index (κ2) is 6.90. The van der Waals surface area contributed by atoms with Gasteiger partial charge in [-0.15, -0.1) is 0 Å². The highest BCUT2D eigenvalue weighted by Gasteiger charge is 2.11. The largest absolute Gasteiger partial charge is 0.466 e. The maximum absolute atomic E-state index is 10.7. The first kappa shape index (κ1) is 11.6. The molecule has 1 rings (SSSR count). The number of methoxy groups -OCH3 is 1. The van der Waals surface area contributed by atoms with Crippen molar-refractivity contribution in [3.8, 4) is 0 Å². The van der Waals surface area contributed by atoms with Gasteiger partial charge in [0.05, 0.1) is 7.11 Å². The topological polar surface area (TPSA) is 38.3 Å². The van der Waals surface area contributed by atoms with Crippen molar-refractivity contribution < 1.29 is 9.53 Å². The summed E-state index contributed by atoms with van der Waals surface area (Å²) >= 11 is 1.99. The molecule has 0 bridgehead atoms. The van der Waals surface area contributed by atoms with Crippen molar-refractivity contribution in [2.75, 3.05) is 25.2 Å². The van der Waals surface area contributed by atoms with Gasteiger partial charge in [-0.3, -0.25) is 0 Å². The van der Waals surface area contributed by atoms with E-state index in [0.717, 1.165) is 6.54 Å². The van der Waals surface area contributed by atoms with Gasteiger partial charge in [-0.1, -0.05) is 6.08 Å². The molecule has 1 unspecified atom stereocenters. The quantitative estimate of drug-likeness (QED) is 0.565. The second-order valence-electron chi connectivity index (χ2n) is 3.25. The van der Waals surface area contributed by atoms with E-state index in [9.17, 15) is 4.79 Å². The summed E-state index contributed by atoms with van der Waals surface area (Å²) in [6, 6.07) is 0.607. The van der Waals surface area contributed by atoms with Crippen LogP contribution in [0.4, 0.5) is 0 Å². The molecule has 0 spiro atoms. The monoisotopic (exact) mass is 215 g/mol. The minimum absolute atomic E-state index is 0.287. The minimum atomic E-state index is -0.287. The average molecular weight is 215 g/mol. The van der Waals surface area contributed by atoms with Gasteiger partial charge in [0.2, 0.25) is 0 Å². The van der Waals surface area contributed by atoms with E-state index < -0.39 is 0 Å². The van der Waals surface area contributed by atoms with Crippen molar-refractivity contribution >= 4 is 17.7 Å². The molecule has 1 fully saturated rings. The van der Waals surface area contributed by atoms with Crippen molar-refractivity contribution in [1.29, 1.82) is 0 Å². The van der Waals surface area contributed by atoms with E-state index in [1.165, 1.54) is 37.5 Å². The molecule has 0 radical (unpaired) electrons.